The van der Waals surface area contributed by atoms with Crippen LogP contribution in [0.25, 0.3) is 22.2 Å². The minimum absolute atomic E-state index is 0.00678. The highest BCUT2D eigenvalue weighted by Crippen LogP contribution is 2.45. The Hall–Kier alpha value is -4.37. The first-order valence-corrected chi connectivity index (χ1v) is 13.7. The normalized spacial score (nSPS) is 17.3. The van der Waals surface area contributed by atoms with Crippen molar-refractivity contribution in [1.29, 1.82) is 0 Å². The monoisotopic (exact) mass is 538 g/mol. The molecule has 9 nitrogen and oxygen atoms in total. The number of methoxy groups -OCH3 is 1. The third kappa shape index (κ3) is 5.12. The minimum Gasteiger partial charge on any atom is -0.482 e. The summed E-state index contributed by atoms with van der Waals surface area (Å²) < 4.78 is 14.1. The topological polar surface area (TPSA) is 98.7 Å². The van der Waals surface area contributed by atoms with Gasteiger partial charge >= 0.3 is 0 Å². The second-order valence-electron chi connectivity index (χ2n) is 10.5. The van der Waals surface area contributed by atoms with Gasteiger partial charge in [-0.05, 0) is 56.1 Å². The van der Waals surface area contributed by atoms with Gasteiger partial charge in [-0.2, -0.15) is 0 Å². The van der Waals surface area contributed by atoms with Crippen LogP contribution in [0.4, 0.5) is 5.82 Å². The fraction of sp³-hybridized carbons (Fsp3) is 0.323. The van der Waals surface area contributed by atoms with Crippen LogP contribution in [0.2, 0.25) is 0 Å². The van der Waals surface area contributed by atoms with Crippen molar-refractivity contribution < 1.29 is 14.3 Å². The van der Waals surface area contributed by atoms with Gasteiger partial charge in [0.25, 0.3) is 0 Å². The number of anilines is 1. The van der Waals surface area contributed by atoms with E-state index in [4.69, 9.17) is 15.2 Å². The van der Waals surface area contributed by atoms with Crippen LogP contribution in [-0.2, 0) is 4.79 Å². The number of hydrogen-bond acceptors (Lipinski definition) is 7. The summed E-state index contributed by atoms with van der Waals surface area (Å²) in [6.07, 6.45) is 8.44. The number of ether oxygens (including phenoxy) is 2. The van der Waals surface area contributed by atoms with Gasteiger partial charge in [-0.25, -0.2) is 9.97 Å². The molecular formula is C31H34N6O3. The molecule has 3 heterocycles. The van der Waals surface area contributed by atoms with E-state index in [1.54, 1.807) is 13.2 Å². The molecular weight excluding hydrogens is 504 g/mol. The Labute approximate surface area is 233 Å². The van der Waals surface area contributed by atoms with Crippen LogP contribution in [0.3, 0.4) is 0 Å². The molecule has 1 aliphatic carbocycles. The lowest BCUT2D eigenvalue weighted by atomic mass is 10.1. The average Bonchev–Trinajstić information content (AvgIpc) is 3.61. The van der Waals surface area contributed by atoms with Crippen LogP contribution in [-0.4, -0.2) is 70.1 Å². The minimum atomic E-state index is -0.00678. The van der Waals surface area contributed by atoms with Crippen LogP contribution < -0.4 is 15.2 Å². The summed E-state index contributed by atoms with van der Waals surface area (Å²) in [6.45, 7) is 2.02. The van der Waals surface area contributed by atoms with Crippen molar-refractivity contribution >= 4 is 22.8 Å². The second kappa shape index (κ2) is 11.0. The lowest BCUT2D eigenvalue weighted by molar-refractivity contribution is -0.125. The number of fused-ring (bicyclic) bond motifs is 1. The number of likely N-dealkylation sites (N-methyl/N-ethyl adjacent to an activating group) is 1. The van der Waals surface area contributed by atoms with Gasteiger partial charge in [0.1, 0.15) is 29.3 Å². The molecule has 1 saturated carbocycles. The lowest BCUT2D eigenvalue weighted by Crippen LogP contribution is -2.28. The Bertz CT molecular complexity index is 1530. The van der Waals surface area contributed by atoms with E-state index in [-0.39, 0.29) is 11.9 Å². The summed E-state index contributed by atoms with van der Waals surface area (Å²) in [5.41, 5.74) is 8.86. The number of nitrogens with zero attached hydrogens (tertiary/aromatic N) is 5. The van der Waals surface area contributed by atoms with E-state index in [0.717, 1.165) is 41.0 Å². The summed E-state index contributed by atoms with van der Waals surface area (Å²) in [5, 5.41) is 0.740. The number of benzene rings is 2. The number of likely N-dealkylation sites (tertiary alicyclic amines) is 1. The van der Waals surface area contributed by atoms with Gasteiger partial charge in [-0.3, -0.25) is 14.3 Å². The molecule has 2 N–H and O–H groups in total. The lowest BCUT2D eigenvalue weighted by Gasteiger charge is -2.18. The Morgan fingerprint density at radius 1 is 1.07 bits per heavy atom. The van der Waals surface area contributed by atoms with Crippen molar-refractivity contribution in [2.75, 3.05) is 39.5 Å². The van der Waals surface area contributed by atoms with Gasteiger partial charge in [0, 0.05) is 31.8 Å². The third-order valence-electron chi connectivity index (χ3n) is 7.75. The van der Waals surface area contributed by atoms with Gasteiger partial charge in [0.2, 0.25) is 11.8 Å². The van der Waals surface area contributed by atoms with E-state index in [1.165, 1.54) is 19.2 Å². The molecule has 0 spiro atoms. The predicted octanol–water partition coefficient (Wildman–Crippen LogP) is 4.91. The largest absolute Gasteiger partial charge is 0.482 e. The van der Waals surface area contributed by atoms with Gasteiger partial charge in [0.15, 0.2) is 0 Å². The van der Waals surface area contributed by atoms with E-state index in [0.29, 0.717) is 36.5 Å². The van der Waals surface area contributed by atoms with E-state index in [9.17, 15) is 4.79 Å². The fourth-order valence-electron chi connectivity index (χ4n) is 5.50. The Balaban J connectivity index is 1.28. The summed E-state index contributed by atoms with van der Waals surface area (Å²) in [4.78, 5) is 26.1. The molecule has 206 valence electrons. The second-order valence-corrected chi connectivity index (χ2v) is 10.5. The zero-order chi connectivity index (χ0) is 27.6. The molecule has 0 radical (unpaired) electrons. The summed E-state index contributed by atoms with van der Waals surface area (Å²) in [7, 11) is 3.76. The Morgan fingerprint density at radius 2 is 1.82 bits per heavy atom. The van der Waals surface area contributed by atoms with Crippen LogP contribution in [0.15, 0.2) is 73.1 Å². The zero-order valence-corrected chi connectivity index (χ0v) is 22.9. The third-order valence-corrected chi connectivity index (χ3v) is 7.75. The molecule has 40 heavy (non-hydrogen) atoms. The molecule has 2 fully saturated rings. The SMILES string of the molecule is COc1c(-c2ccc(Oc3ccccc3)cc2)c2c(N)ncnc2n1[C@@H]1CCN(C(=O)/C=C/CN(C)C2CC2)C1. The number of hydrogen-bond donors (Lipinski definition) is 1. The van der Waals surface area contributed by atoms with Crippen LogP contribution in [0, 0.1) is 0 Å². The maximum Gasteiger partial charge on any atom is 0.246 e. The number of para-hydroxylation sites is 1. The highest BCUT2D eigenvalue weighted by molar-refractivity contribution is 6.04. The van der Waals surface area contributed by atoms with Crippen molar-refractivity contribution in [3.8, 4) is 28.5 Å². The number of carbonyl (C=O) groups excluding carboxylic acids is 1. The van der Waals surface area contributed by atoms with Crippen LogP contribution in [0.1, 0.15) is 25.3 Å². The quantitative estimate of drug-likeness (QED) is 0.303. The number of carbonyl (C=O) groups is 1. The Kier molecular flexibility index (Phi) is 7.13. The molecule has 9 heteroatoms. The van der Waals surface area contributed by atoms with E-state index < -0.39 is 0 Å². The van der Waals surface area contributed by atoms with Crippen molar-refractivity contribution in [3.63, 3.8) is 0 Å². The highest BCUT2D eigenvalue weighted by atomic mass is 16.5. The Morgan fingerprint density at radius 3 is 2.55 bits per heavy atom. The highest BCUT2D eigenvalue weighted by Gasteiger charge is 2.33. The zero-order valence-electron chi connectivity index (χ0n) is 22.9. The van der Waals surface area contributed by atoms with Gasteiger partial charge in [-0.1, -0.05) is 36.4 Å². The number of aromatic nitrogens is 3. The smallest absolute Gasteiger partial charge is 0.246 e. The van der Waals surface area contributed by atoms with E-state index in [1.807, 2.05) is 65.6 Å². The van der Waals surface area contributed by atoms with Gasteiger partial charge < -0.3 is 20.1 Å². The molecule has 0 unspecified atom stereocenters. The first-order chi connectivity index (χ1) is 19.5. The number of nitrogen functional groups attached to an aromatic ring is 1. The maximum absolute atomic E-state index is 13.0. The summed E-state index contributed by atoms with van der Waals surface area (Å²) in [6, 6.07) is 18.1. The van der Waals surface area contributed by atoms with E-state index >= 15 is 0 Å². The first-order valence-electron chi connectivity index (χ1n) is 13.7. The van der Waals surface area contributed by atoms with Crippen LogP contribution >= 0.6 is 0 Å². The first kappa shape index (κ1) is 25.9. The van der Waals surface area contributed by atoms with Crippen molar-refractivity contribution in [3.05, 3.63) is 73.1 Å². The molecule has 1 atom stereocenters. The van der Waals surface area contributed by atoms with Crippen LogP contribution in [0.5, 0.6) is 17.4 Å². The summed E-state index contributed by atoms with van der Waals surface area (Å²) in [5.74, 6) is 2.57. The molecule has 2 aliphatic rings. The van der Waals surface area contributed by atoms with Gasteiger partial charge in [-0.15, -0.1) is 0 Å². The number of nitrogens with two attached hydrogens (primary N) is 1. The van der Waals surface area contributed by atoms with Crippen molar-refractivity contribution in [2.24, 2.45) is 0 Å². The molecule has 1 amide bonds. The molecule has 1 aliphatic heterocycles. The molecule has 2 aromatic heterocycles. The van der Waals surface area contributed by atoms with Crippen molar-refractivity contribution in [2.45, 2.75) is 31.3 Å². The van der Waals surface area contributed by atoms with E-state index in [2.05, 4.69) is 26.5 Å². The molecule has 6 rings (SSSR count). The number of amides is 1. The number of rotatable bonds is 9. The van der Waals surface area contributed by atoms with Gasteiger partial charge in [0.05, 0.1) is 24.1 Å². The fourth-order valence-corrected chi connectivity index (χ4v) is 5.50. The molecule has 1 saturated heterocycles. The average molecular weight is 539 g/mol. The standard InChI is InChI=1S/C31H34N6O3/c1-35(22-12-13-22)17-6-9-26(38)36-18-16-23(19-36)37-30-28(29(32)33-20-34-30)27(31(37)39-2)21-10-14-25(15-11-21)40-24-7-4-3-5-8-24/h3-11,14-15,20,22-23H,12-13,16-19H2,1-2H3,(H2,32,33,34)/b9-6+/t23-/m1/s1. The van der Waals surface area contributed by atoms with Crippen molar-refractivity contribution in [1.82, 2.24) is 24.3 Å². The maximum atomic E-state index is 13.0. The molecule has 4 aromatic rings. The predicted molar refractivity (Wildman–Crippen MR) is 155 cm³/mol. The summed E-state index contributed by atoms with van der Waals surface area (Å²) >= 11 is 0. The molecule has 2 aromatic carbocycles. The molecule has 0 bridgehead atoms.